The highest BCUT2D eigenvalue weighted by atomic mass is 19.4. The highest BCUT2D eigenvalue weighted by molar-refractivity contribution is 5.76. The minimum Gasteiger partial charge on any atom is -0.349 e. The number of hydrogen-bond acceptors (Lipinski definition) is 2. The lowest BCUT2D eigenvalue weighted by Crippen LogP contribution is -2.52. The zero-order valence-corrected chi connectivity index (χ0v) is 9.66. The molecule has 0 saturated heterocycles. The van der Waals surface area contributed by atoms with Gasteiger partial charge in [0.1, 0.15) is 0 Å². The predicted molar refractivity (Wildman–Crippen MR) is 55.8 cm³/mol. The van der Waals surface area contributed by atoms with E-state index in [-0.39, 0.29) is 6.54 Å². The van der Waals surface area contributed by atoms with Crippen molar-refractivity contribution in [2.45, 2.75) is 51.2 Å². The van der Waals surface area contributed by atoms with E-state index in [1.165, 1.54) is 0 Å². The van der Waals surface area contributed by atoms with Crippen LogP contribution in [-0.2, 0) is 4.79 Å². The molecule has 0 aliphatic carbocycles. The smallest absolute Gasteiger partial charge is 0.349 e. The van der Waals surface area contributed by atoms with Gasteiger partial charge in [-0.2, -0.15) is 13.2 Å². The van der Waals surface area contributed by atoms with Gasteiger partial charge in [-0.1, -0.05) is 13.8 Å². The second kappa shape index (κ2) is 6.08. The van der Waals surface area contributed by atoms with Crippen molar-refractivity contribution in [3.05, 3.63) is 0 Å². The molecule has 0 aliphatic heterocycles. The van der Waals surface area contributed by atoms with Crippen LogP contribution in [0.2, 0.25) is 0 Å². The van der Waals surface area contributed by atoms with Crippen LogP contribution in [0.5, 0.6) is 0 Å². The zero-order valence-electron chi connectivity index (χ0n) is 9.66. The lowest BCUT2D eigenvalue weighted by atomic mass is 9.92. The Morgan fingerprint density at radius 3 is 2.06 bits per heavy atom. The molecule has 3 nitrogen and oxygen atoms in total. The SMILES string of the molecule is CCC(CC)(CN)NC(=O)CCC(F)(F)F. The number of nitrogens with one attached hydrogen (secondary N) is 1. The van der Waals surface area contributed by atoms with Crippen LogP contribution >= 0.6 is 0 Å². The molecule has 3 N–H and O–H groups in total. The quantitative estimate of drug-likeness (QED) is 0.745. The average Bonchev–Trinajstić information content (AvgIpc) is 2.22. The molecule has 6 heteroatoms. The molecule has 0 aliphatic rings. The number of amides is 1. The number of carbonyl (C=O) groups is 1. The fourth-order valence-corrected chi connectivity index (χ4v) is 1.38. The van der Waals surface area contributed by atoms with Crippen LogP contribution in [0, 0.1) is 0 Å². The van der Waals surface area contributed by atoms with Crippen LogP contribution in [0.3, 0.4) is 0 Å². The number of hydrogen-bond donors (Lipinski definition) is 2. The van der Waals surface area contributed by atoms with Crippen LogP contribution < -0.4 is 11.1 Å². The first-order chi connectivity index (χ1) is 7.28. The summed E-state index contributed by atoms with van der Waals surface area (Å²) in [5.41, 5.74) is 4.96. The van der Waals surface area contributed by atoms with Crippen molar-refractivity contribution in [1.29, 1.82) is 0 Å². The van der Waals surface area contributed by atoms with Crippen molar-refractivity contribution in [3.63, 3.8) is 0 Å². The van der Waals surface area contributed by atoms with Gasteiger partial charge in [0.2, 0.25) is 5.91 Å². The van der Waals surface area contributed by atoms with E-state index in [0.717, 1.165) is 0 Å². The zero-order chi connectivity index (χ0) is 12.8. The second-order valence-corrected chi connectivity index (χ2v) is 3.85. The van der Waals surface area contributed by atoms with Gasteiger partial charge in [-0.15, -0.1) is 0 Å². The highest BCUT2D eigenvalue weighted by Crippen LogP contribution is 2.22. The maximum Gasteiger partial charge on any atom is 0.389 e. The number of rotatable bonds is 6. The molecule has 0 atom stereocenters. The minimum atomic E-state index is -4.29. The monoisotopic (exact) mass is 240 g/mol. The minimum absolute atomic E-state index is 0.234. The van der Waals surface area contributed by atoms with E-state index in [9.17, 15) is 18.0 Å². The normalized spacial score (nSPS) is 12.6. The maximum atomic E-state index is 11.9. The number of nitrogens with two attached hydrogens (primary N) is 1. The molecule has 0 radical (unpaired) electrons. The molecular formula is C10H19F3N2O. The molecule has 1 amide bonds. The summed E-state index contributed by atoms with van der Waals surface area (Å²) in [4.78, 5) is 11.3. The molecular weight excluding hydrogens is 221 g/mol. The van der Waals surface area contributed by atoms with Crippen LogP contribution in [0.25, 0.3) is 0 Å². The summed E-state index contributed by atoms with van der Waals surface area (Å²) in [6.45, 7) is 3.93. The summed E-state index contributed by atoms with van der Waals surface area (Å²) in [5.74, 6) is -0.591. The maximum absolute atomic E-state index is 11.9. The molecule has 0 unspecified atom stereocenters. The third-order valence-electron chi connectivity index (χ3n) is 2.78. The van der Waals surface area contributed by atoms with Gasteiger partial charge in [0.15, 0.2) is 0 Å². The molecule has 0 aromatic carbocycles. The van der Waals surface area contributed by atoms with Gasteiger partial charge in [0, 0.05) is 13.0 Å². The molecule has 0 aromatic heterocycles. The Hall–Kier alpha value is -0.780. The highest BCUT2D eigenvalue weighted by Gasteiger charge is 2.30. The van der Waals surface area contributed by atoms with Gasteiger partial charge in [0.05, 0.1) is 12.0 Å². The number of halogens is 3. The lowest BCUT2D eigenvalue weighted by molar-refractivity contribution is -0.145. The van der Waals surface area contributed by atoms with E-state index in [1.54, 1.807) is 0 Å². The second-order valence-electron chi connectivity index (χ2n) is 3.85. The third kappa shape index (κ3) is 5.34. The summed E-state index contributed by atoms with van der Waals surface area (Å²) in [6, 6.07) is 0. The molecule has 0 fully saturated rings. The Kier molecular flexibility index (Phi) is 5.78. The van der Waals surface area contributed by atoms with Gasteiger partial charge >= 0.3 is 6.18 Å². The first-order valence-corrected chi connectivity index (χ1v) is 5.36. The van der Waals surface area contributed by atoms with Crippen LogP contribution in [0.4, 0.5) is 13.2 Å². The van der Waals surface area contributed by atoms with E-state index in [1.807, 2.05) is 13.8 Å². The van der Waals surface area contributed by atoms with E-state index in [2.05, 4.69) is 5.32 Å². The molecule has 0 bridgehead atoms. The Labute approximate surface area is 93.6 Å². The van der Waals surface area contributed by atoms with Crippen molar-refractivity contribution in [3.8, 4) is 0 Å². The van der Waals surface area contributed by atoms with Gasteiger partial charge in [-0.3, -0.25) is 4.79 Å². The van der Waals surface area contributed by atoms with E-state index in [0.29, 0.717) is 12.8 Å². The molecule has 0 rings (SSSR count). The first-order valence-electron chi connectivity index (χ1n) is 5.36. The van der Waals surface area contributed by atoms with Crippen molar-refractivity contribution >= 4 is 5.91 Å². The van der Waals surface area contributed by atoms with Crippen molar-refractivity contribution in [1.82, 2.24) is 5.32 Å². The molecule has 96 valence electrons. The molecule has 0 spiro atoms. The predicted octanol–water partition coefficient (Wildman–Crippen LogP) is 1.96. The Morgan fingerprint density at radius 2 is 1.75 bits per heavy atom. The van der Waals surface area contributed by atoms with Crippen LogP contribution in [0.15, 0.2) is 0 Å². The summed E-state index contributed by atoms with van der Waals surface area (Å²) in [6.07, 6.45) is -4.70. The van der Waals surface area contributed by atoms with E-state index >= 15 is 0 Å². The van der Waals surface area contributed by atoms with Crippen molar-refractivity contribution < 1.29 is 18.0 Å². The van der Waals surface area contributed by atoms with Gasteiger partial charge in [-0.05, 0) is 12.8 Å². The van der Waals surface area contributed by atoms with Gasteiger partial charge in [0.25, 0.3) is 0 Å². The Balaban J connectivity index is 4.21. The van der Waals surface area contributed by atoms with Crippen molar-refractivity contribution in [2.75, 3.05) is 6.54 Å². The number of carbonyl (C=O) groups excluding carboxylic acids is 1. The summed E-state index contributed by atoms with van der Waals surface area (Å²) in [7, 11) is 0. The molecule has 0 saturated carbocycles. The van der Waals surface area contributed by atoms with Gasteiger partial charge in [-0.25, -0.2) is 0 Å². The summed E-state index contributed by atoms with van der Waals surface area (Å²) >= 11 is 0. The summed E-state index contributed by atoms with van der Waals surface area (Å²) in [5, 5.41) is 2.59. The fraction of sp³-hybridized carbons (Fsp3) is 0.900. The largest absolute Gasteiger partial charge is 0.389 e. The fourth-order valence-electron chi connectivity index (χ4n) is 1.38. The standard InChI is InChI=1S/C10H19F3N2O/c1-3-9(4-2,7-14)15-8(16)5-6-10(11,12)13/h3-7,14H2,1-2H3,(H,15,16). The van der Waals surface area contributed by atoms with E-state index < -0.39 is 30.5 Å². The molecule has 0 aromatic rings. The first kappa shape index (κ1) is 15.2. The van der Waals surface area contributed by atoms with Crippen molar-refractivity contribution in [2.24, 2.45) is 5.73 Å². The lowest BCUT2D eigenvalue weighted by Gasteiger charge is -2.31. The number of alkyl halides is 3. The molecule has 16 heavy (non-hydrogen) atoms. The Morgan fingerprint density at radius 1 is 1.25 bits per heavy atom. The third-order valence-corrected chi connectivity index (χ3v) is 2.78. The van der Waals surface area contributed by atoms with Crippen LogP contribution in [0.1, 0.15) is 39.5 Å². The topological polar surface area (TPSA) is 55.1 Å². The average molecular weight is 240 g/mol. The summed E-state index contributed by atoms with van der Waals surface area (Å²) < 4.78 is 35.7. The van der Waals surface area contributed by atoms with Gasteiger partial charge < -0.3 is 11.1 Å². The molecule has 0 heterocycles. The Bertz CT molecular complexity index is 216. The van der Waals surface area contributed by atoms with E-state index in [4.69, 9.17) is 5.73 Å². The van der Waals surface area contributed by atoms with Crippen LogP contribution in [-0.4, -0.2) is 24.2 Å².